The smallest absolute Gasteiger partial charge is 0.272 e. The van der Waals surface area contributed by atoms with E-state index in [1.807, 2.05) is 6.26 Å². The molecule has 2 heterocycles. The zero-order valence-electron chi connectivity index (χ0n) is 11.4. The normalized spacial score (nSPS) is 15.1. The number of H-pyrrole nitrogens is 1. The van der Waals surface area contributed by atoms with Gasteiger partial charge in [-0.15, -0.1) is 12.4 Å². The molecule has 114 valence electrons. The van der Waals surface area contributed by atoms with Gasteiger partial charge in [0.2, 0.25) is 0 Å². The molecule has 1 aromatic heterocycles. The van der Waals surface area contributed by atoms with Crippen LogP contribution in [0.4, 0.5) is 0 Å². The summed E-state index contributed by atoms with van der Waals surface area (Å²) < 4.78 is 0. The van der Waals surface area contributed by atoms with Gasteiger partial charge in [0.25, 0.3) is 5.91 Å². The molecule has 0 aliphatic carbocycles. The van der Waals surface area contributed by atoms with Crippen molar-refractivity contribution in [2.24, 2.45) is 0 Å². The predicted octanol–water partition coefficient (Wildman–Crippen LogP) is 0.321. The molecule has 0 saturated heterocycles. The first kappa shape index (κ1) is 17.3. The average Bonchev–Trinajstić information content (AvgIpc) is 2.83. The third kappa shape index (κ3) is 4.12. The fourth-order valence-corrected chi connectivity index (χ4v) is 2.87. The molecule has 8 heteroatoms. The van der Waals surface area contributed by atoms with Gasteiger partial charge < -0.3 is 15.7 Å². The number of amides is 1. The molecule has 1 aliphatic rings. The van der Waals surface area contributed by atoms with Crippen LogP contribution in [0.2, 0.25) is 0 Å². The summed E-state index contributed by atoms with van der Waals surface area (Å²) in [5.74, 6) is 0.630. The molecule has 1 aliphatic heterocycles. The van der Waals surface area contributed by atoms with E-state index in [4.69, 9.17) is 5.11 Å². The third-order valence-corrected chi connectivity index (χ3v) is 3.94. The highest BCUT2D eigenvalue weighted by molar-refractivity contribution is 7.98. The van der Waals surface area contributed by atoms with Crippen molar-refractivity contribution in [3.05, 3.63) is 17.0 Å². The summed E-state index contributed by atoms with van der Waals surface area (Å²) in [6.07, 6.45) is 3.43. The quantitative estimate of drug-likeness (QED) is 0.606. The topological polar surface area (TPSA) is 90.0 Å². The van der Waals surface area contributed by atoms with E-state index in [9.17, 15) is 4.79 Å². The molecule has 0 aromatic carbocycles. The summed E-state index contributed by atoms with van der Waals surface area (Å²) in [4.78, 5) is 12.2. The molecule has 0 saturated carbocycles. The van der Waals surface area contributed by atoms with Crippen LogP contribution in [0, 0.1) is 0 Å². The summed E-state index contributed by atoms with van der Waals surface area (Å²) in [7, 11) is 0. The molecule has 6 nitrogen and oxygen atoms in total. The Morgan fingerprint density at radius 1 is 1.60 bits per heavy atom. The van der Waals surface area contributed by atoms with Crippen LogP contribution in [0.15, 0.2) is 0 Å². The number of thioether (sulfide) groups is 1. The lowest BCUT2D eigenvalue weighted by molar-refractivity contribution is 0.0929. The van der Waals surface area contributed by atoms with E-state index >= 15 is 0 Å². The lowest BCUT2D eigenvalue weighted by Gasteiger charge is -2.17. The number of carbonyl (C=O) groups is 1. The van der Waals surface area contributed by atoms with Crippen LogP contribution in [0.3, 0.4) is 0 Å². The number of aliphatic hydroxyl groups is 1. The van der Waals surface area contributed by atoms with E-state index in [1.54, 1.807) is 11.8 Å². The van der Waals surface area contributed by atoms with Crippen LogP contribution in [0.25, 0.3) is 0 Å². The summed E-state index contributed by atoms with van der Waals surface area (Å²) in [6, 6.07) is -0.0172. The molecule has 1 unspecified atom stereocenters. The third-order valence-electron chi connectivity index (χ3n) is 3.20. The number of hydrogen-bond acceptors (Lipinski definition) is 5. The number of nitrogens with one attached hydrogen (secondary N) is 3. The van der Waals surface area contributed by atoms with Crippen molar-refractivity contribution < 1.29 is 9.90 Å². The summed E-state index contributed by atoms with van der Waals surface area (Å²) in [5, 5.41) is 22.3. The first-order chi connectivity index (χ1) is 9.26. The van der Waals surface area contributed by atoms with Gasteiger partial charge in [-0.05, 0) is 12.7 Å². The molecule has 1 aromatic rings. The first-order valence-electron chi connectivity index (χ1n) is 6.43. The second-order valence-electron chi connectivity index (χ2n) is 4.59. The maximum Gasteiger partial charge on any atom is 0.272 e. The minimum absolute atomic E-state index is 0. The maximum absolute atomic E-state index is 12.2. The number of aromatic amines is 1. The highest BCUT2D eigenvalue weighted by Gasteiger charge is 2.23. The van der Waals surface area contributed by atoms with Crippen LogP contribution >= 0.6 is 24.2 Å². The van der Waals surface area contributed by atoms with Gasteiger partial charge in [0.05, 0.1) is 0 Å². The molecule has 0 fully saturated rings. The lowest BCUT2D eigenvalue weighted by atomic mass is 10.1. The first-order valence-corrected chi connectivity index (χ1v) is 7.83. The fourth-order valence-electron chi connectivity index (χ4n) is 2.22. The Hall–Kier alpha value is -0.760. The van der Waals surface area contributed by atoms with Crippen molar-refractivity contribution in [3.8, 4) is 0 Å². The summed E-state index contributed by atoms with van der Waals surface area (Å²) in [5.41, 5.74) is 2.49. The molecule has 20 heavy (non-hydrogen) atoms. The number of aromatic nitrogens is 2. The van der Waals surface area contributed by atoms with Gasteiger partial charge in [0, 0.05) is 49.2 Å². The standard InChI is InChI=1S/C12H20N4O2S.ClH/c1-19-7-8(3-5-17)14-12(18)11-9-6-13-4-2-10(9)15-16-11;/h8,13,17H,2-7H2,1H3,(H,14,18)(H,15,16);1H. The van der Waals surface area contributed by atoms with Crippen LogP contribution in [-0.4, -0.2) is 52.4 Å². The Kier molecular flexibility index (Phi) is 7.36. The number of fused-ring (bicyclic) bond motifs is 1. The van der Waals surface area contributed by atoms with Crippen molar-refractivity contribution in [1.82, 2.24) is 20.8 Å². The van der Waals surface area contributed by atoms with Crippen molar-refractivity contribution in [1.29, 1.82) is 0 Å². The molecule has 0 spiro atoms. The zero-order valence-corrected chi connectivity index (χ0v) is 13.1. The van der Waals surface area contributed by atoms with E-state index in [2.05, 4.69) is 20.8 Å². The fraction of sp³-hybridized carbons (Fsp3) is 0.667. The summed E-state index contributed by atoms with van der Waals surface area (Å²) in [6.45, 7) is 1.67. The van der Waals surface area contributed by atoms with Crippen LogP contribution in [-0.2, 0) is 13.0 Å². The molecule has 1 amide bonds. The van der Waals surface area contributed by atoms with Crippen molar-refractivity contribution in [3.63, 3.8) is 0 Å². The molecule has 0 bridgehead atoms. The van der Waals surface area contributed by atoms with Gasteiger partial charge in [-0.2, -0.15) is 16.9 Å². The summed E-state index contributed by atoms with van der Waals surface area (Å²) >= 11 is 1.65. The minimum atomic E-state index is -0.159. The van der Waals surface area contributed by atoms with Crippen LogP contribution in [0.5, 0.6) is 0 Å². The van der Waals surface area contributed by atoms with Gasteiger partial charge in [0.15, 0.2) is 5.69 Å². The number of carbonyl (C=O) groups excluding carboxylic acids is 1. The van der Waals surface area contributed by atoms with Gasteiger partial charge >= 0.3 is 0 Å². The van der Waals surface area contributed by atoms with E-state index in [0.717, 1.165) is 30.0 Å². The molecule has 0 radical (unpaired) electrons. The number of aliphatic hydroxyl groups excluding tert-OH is 1. The van der Waals surface area contributed by atoms with E-state index in [-0.39, 0.29) is 31.0 Å². The Bertz CT molecular complexity index is 435. The molecule has 4 N–H and O–H groups in total. The number of rotatable bonds is 6. The van der Waals surface area contributed by atoms with Crippen molar-refractivity contribution >= 4 is 30.1 Å². The van der Waals surface area contributed by atoms with Crippen LogP contribution < -0.4 is 10.6 Å². The Labute approximate surface area is 128 Å². The number of halogens is 1. The van der Waals surface area contributed by atoms with E-state index in [1.165, 1.54) is 0 Å². The van der Waals surface area contributed by atoms with E-state index in [0.29, 0.717) is 18.7 Å². The second kappa shape index (κ2) is 8.51. The van der Waals surface area contributed by atoms with Gasteiger partial charge in [0.1, 0.15) is 0 Å². The average molecular weight is 321 g/mol. The van der Waals surface area contributed by atoms with Crippen molar-refractivity contribution in [2.75, 3.05) is 25.2 Å². The van der Waals surface area contributed by atoms with Gasteiger partial charge in [-0.3, -0.25) is 9.89 Å². The molecule has 2 rings (SSSR count). The van der Waals surface area contributed by atoms with Crippen molar-refractivity contribution in [2.45, 2.75) is 25.4 Å². The highest BCUT2D eigenvalue weighted by Crippen LogP contribution is 2.15. The maximum atomic E-state index is 12.2. The zero-order chi connectivity index (χ0) is 13.7. The SMILES string of the molecule is CSCC(CCO)NC(=O)c1n[nH]c2c1CNCC2.Cl. The lowest BCUT2D eigenvalue weighted by Crippen LogP contribution is -2.38. The second-order valence-corrected chi connectivity index (χ2v) is 5.50. The van der Waals surface area contributed by atoms with Gasteiger partial charge in [-0.25, -0.2) is 0 Å². The molecular weight excluding hydrogens is 300 g/mol. The molecule has 1 atom stereocenters. The van der Waals surface area contributed by atoms with E-state index < -0.39 is 0 Å². The molecular formula is C12H21ClN4O2S. The Morgan fingerprint density at radius 2 is 2.40 bits per heavy atom. The Balaban J connectivity index is 0.00000200. The number of hydrogen-bond donors (Lipinski definition) is 4. The largest absolute Gasteiger partial charge is 0.396 e. The monoisotopic (exact) mass is 320 g/mol. The minimum Gasteiger partial charge on any atom is -0.396 e. The van der Waals surface area contributed by atoms with Gasteiger partial charge in [-0.1, -0.05) is 0 Å². The predicted molar refractivity (Wildman–Crippen MR) is 82.6 cm³/mol. The Morgan fingerprint density at radius 3 is 3.10 bits per heavy atom. The highest BCUT2D eigenvalue weighted by atomic mass is 35.5. The van der Waals surface area contributed by atoms with Crippen LogP contribution in [0.1, 0.15) is 28.2 Å². The number of nitrogens with zero attached hydrogens (tertiary/aromatic N) is 1.